The molecule has 1 atom stereocenters. The van der Waals surface area contributed by atoms with Gasteiger partial charge in [-0.15, -0.1) is 11.3 Å². The van der Waals surface area contributed by atoms with Gasteiger partial charge in [-0.25, -0.2) is 4.79 Å². The largest absolute Gasteiger partial charge is 0.444 e. The van der Waals surface area contributed by atoms with Crippen LogP contribution in [0.3, 0.4) is 0 Å². The molecule has 3 aliphatic rings. The zero-order valence-electron chi connectivity index (χ0n) is 13.8. The highest BCUT2D eigenvalue weighted by Crippen LogP contribution is 2.34. The van der Waals surface area contributed by atoms with Gasteiger partial charge in [0.25, 0.3) is 0 Å². The Bertz CT molecular complexity index is 717. The maximum absolute atomic E-state index is 12.3. The molecular formula is C19H22N2O2S. The van der Waals surface area contributed by atoms with Crippen molar-refractivity contribution in [1.29, 1.82) is 0 Å². The van der Waals surface area contributed by atoms with E-state index in [1.807, 2.05) is 11.4 Å². The van der Waals surface area contributed by atoms with E-state index in [4.69, 9.17) is 4.74 Å². The molecule has 1 aromatic carbocycles. The second-order valence-electron chi connectivity index (χ2n) is 6.74. The average Bonchev–Trinajstić information content (AvgIpc) is 3.04. The van der Waals surface area contributed by atoms with Crippen LogP contribution in [0.2, 0.25) is 0 Å². The number of hydrogen-bond donors (Lipinski definition) is 1. The Kier molecular flexibility index (Phi) is 4.29. The van der Waals surface area contributed by atoms with E-state index in [1.165, 1.54) is 5.56 Å². The van der Waals surface area contributed by atoms with E-state index in [2.05, 4.69) is 41.4 Å². The van der Waals surface area contributed by atoms with Crippen LogP contribution in [0.4, 0.5) is 10.5 Å². The fourth-order valence-electron chi connectivity index (χ4n) is 3.66. The summed E-state index contributed by atoms with van der Waals surface area (Å²) in [6.07, 6.45) is 1.99. The molecule has 1 amide bonds. The van der Waals surface area contributed by atoms with E-state index < -0.39 is 0 Å². The predicted molar refractivity (Wildman–Crippen MR) is 97.5 cm³/mol. The van der Waals surface area contributed by atoms with Crippen molar-refractivity contribution in [2.24, 2.45) is 5.92 Å². The standard InChI is InChI=1S/C19H22N2O2S/c1-13-2-4-15(5-3-13)18-16(8-11-24-18)20-19(22)23-17-12-21-9-6-14(17)7-10-21/h2-5,8,11,14,17H,6-7,9-10,12H2,1H3,(H,20,22). The molecule has 24 heavy (non-hydrogen) atoms. The maximum Gasteiger partial charge on any atom is 0.411 e. The number of anilines is 1. The summed E-state index contributed by atoms with van der Waals surface area (Å²) in [5.74, 6) is 0.528. The van der Waals surface area contributed by atoms with E-state index in [0.29, 0.717) is 5.92 Å². The molecule has 0 radical (unpaired) electrons. The van der Waals surface area contributed by atoms with Crippen LogP contribution in [0.25, 0.3) is 10.4 Å². The Hall–Kier alpha value is -1.85. The normalized spacial score (nSPS) is 25.5. The summed E-state index contributed by atoms with van der Waals surface area (Å²) in [5.41, 5.74) is 3.18. The highest BCUT2D eigenvalue weighted by Gasteiger charge is 2.36. The minimum atomic E-state index is -0.333. The summed E-state index contributed by atoms with van der Waals surface area (Å²) in [6.45, 7) is 5.25. The summed E-state index contributed by atoms with van der Waals surface area (Å²) in [5, 5.41) is 4.94. The van der Waals surface area contributed by atoms with Gasteiger partial charge < -0.3 is 4.74 Å². The second kappa shape index (κ2) is 6.57. The van der Waals surface area contributed by atoms with Gasteiger partial charge in [-0.2, -0.15) is 0 Å². The highest BCUT2D eigenvalue weighted by molar-refractivity contribution is 7.14. The number of benzene rings is 1. The summed E-state index contributed by atoms with van der Waals surface area (Å²) in [4.78, 5) is 15.8. The first-order chi connectivity index (χ1) is 11.7. The third kappa shape index (κ3) is 3.19. The summed E-state index contributed by atoms with van der Waals surface area (Å²) >= 11 is 1.63. The van der Waals surface area contributed by atoms with Gasteiger partial charge in [0.15, 0.2) is 0 Å². The zero-order chi connectivity index (χ0) is 16.5. The number of hydrogen-bond acceptors (Lipinski definition) is 4. The molecule has 4 heterocycles. The molecule has 0 saturated carbocycles. The number of nitrogens with one attached hydrogen (secondary N) is 1. The Balaban J connectivity index is 1.43. The maximum atomic E-state index is 12.3. The van der Waals surface area contributed by atoms with Crippen LogP contribution in [0.1, 0.15) is 18.4 Å². The lowest BCUT2D eigenvalue weighted by atomic mass is 9.86. The van der Waals surface area contributed by atoms with Crippen molar-refractivity contribution in [3.8, 4) is 10.4 Å². The Labute approximate surface area is 146 Å². The summed E-state index contributed by atoms with van der Waals surface area (Å²) in [6, 6.07) is 10.3. The minimum Gasteiger partial charge on any atom is -0.444 e. The number of rotatable bonds is 3. The molecule has 4 nitrogen and oxygen atoms in total. The molecule has 3 aliphatic heterocycles. The summed E-state index contributed by atoms with van der Waals surface area (Å²) in [7, 11) is 0. The van der Waals surface area contributed by atoms with Crippen LogP contribution in [-0.4, -0.2) is 36.7 Å². The summed E-state index contributed by atoms with van der Waals surface area (Å²) < 4.78 is 5.72. The molecule has 1 unspecified atom stereocenters. The highest BCUT2D eigenvalue weighted by atomic mass is 32.1. The van der Waals surface area contributed by atoms with Crippen LogP contribution < -0.4 is 5.32 Å². The molecule has 3 saturated heterocycles. The van der Waals surface area contributed by atoms with Gasteiger partial charge in [-0.3, -0.25) is 10.2 Å². The first kappa shape index (κ1) is 15.7. The molecule has 0 aliphatic carbocycles. The quantitative estimate of drug-likeness (QED) is 0.901. The van der Waals surface area contributed by atoms with Crippen molar-refractivity contribution >= 4 is 23.1 Å². The number of nitrogens with zero attached hydrogens (tertiary/aromatic N) is 1. The topological polar surface area (TPSA) is 41.6 Å². The Morgan fingerprint density at radius 2 is 1.96 bits per heavy atom. The number of carbonyl (C=O) groups is 1. The zero-order valence-corrected chi connectivity index (χ0v) is 14.6. The molecular weight excluding hydrogens is 320 g/mol. The molecule has 5 rings (SSSR count). The van der Waals surface area contributed by atoms with Gasteiger partial charge in [-0.1, -0.05) is 29.8 Å². The van der Waals surface area contributed by atoms with Crippen LogP contribution in [0.15, 0.2) is 35.7 Å². The molecule has 3 fully saturated rings. The lowest BCUT2D eigenvalue weighted by molar-refractivity contribution is -0.0289. The van der Waals surface area contributed by atoms with Crippen LogP contribution in [0, 0.1) is 12.8 Å². The SMILES string of the molecule is Cc1ccc(-c2sccc2NC(=O)OC2CN3CCC2CC3)cc1. The van der Waals surface area contributed by atoms with Crippen molar-refractivity contribution in [2.75, 3.05) is 25.0 Å². The second-order valence-corrected chi connectivity index (χ2v) is 7.65. The molecule has 2 aromatic rings. The molecule has 1 N–H and O–H groups in total. The first-order valence-electron chi connectivity index (χ1n) is 8.53. The average molecular weight is 342 g/mol. The van der Waals surface area contributed by atoms with Crippen LogP contribution in [0.5, 0.6) is 0 Å². The van der Waals surface area contributed by atoms with Gasteiger partial charge in [-0.05, 0) is 55.8 Å². The Morgan fingerprint density at radius 1 is 1.21 bits per heavy atom. The van der Waals surface area contributed by atoms with Gasteiger partial charge >= 0.3 is 6.09 Å². The van der Waals surface area contributed by atoms with Gasteiger partial charge in [0.2, 0.25) is 0 Å². The Morgan fingerprint density at radius 3 is 2.62 bits per heavy atom. The minimum absolute atomic E-state index is 0.0361. The van der Waals surface area contributed by atoms with E-state index in [9.17, 15) is 4.79 Å². The van der Waals surface area contributed by atoms with Crippen molar-refractivity contribution in [3.05, 3.63) is 41.3 Å². The third-order valence-electron chi connectivity index (χ3n) is 5.07. The fourth-order valence-corrected chi connectivity index (χ4v) is 4.52. The number of fused-ring (bicyclic) bond motifs is 3. The van der Waals surface area contributed by atoms with Gasteiger partial charge in [0, 0.05) is 6.54 Å². The van der Waals surface area contributed by atoms with Crippen LogP contribution in [-0.2, 0) is 4.74 Å². The monoisotopic (exact) mass is 342 g/mol. The van der Waals surface area contributed by atoms with E-state index >= 15 is 0 Å². The molecule has 126 valence electrons. The third-order valence-corrected chi connectivity index (χ3v) is 6.03. The van der Waals surface area contributed by atoms with Crippen molar-refractivity contribution in [1.82, 2.24) is 4.90 Å². The molecule has 2 bridgehead atoms. The van der Waals surface area contributed by atoms with E-state index in [0.717, 1.165) is 48.6 Å². The van der Waals surface area contributed by atoms with Crippen molar-refractivity contribution in [2.45, 2.75) is 25.9 Å². The van der Waals surface area contributed by atoms with E-state index in [-0.39, 0.29) is 12.2 Å². The van der Waals surface area contributed by atoms with Crippen molar-refractivity contribution in [3.63, 3.8) is 0 Å². The first-order valence-corrected chi connectivity index (χ1v) is 9.41. The van der Waals surface area contributed by atoms with Gasteiger partial charge in [0.05, 0.1) is 10.6 Å². The van der Waals surface area contributed by atoms with Crippen LogP contribution >= 0.6 is 11.3 Å². The van der Waals surface area contributed by atoms with Crippen molar-refractivity contribution < 1.29 is 9.53 Å². The number of carbonyl (C=O) groups excluding carboxylic acids is 1. The number of piperidine rings is 3. The number of thiophene rings is 1. The number of amides is 1. The van der Waals surface area contributed by atoms with E-state index in [1.54, 1.807) is 11.3 Å². The lowest BCUT2D eigenvalue weighted by Gasteiger charge is -2.43. The fraction of sp³-hybridized carbons (Fsp3) is 0.421. The molecule has 5 heteroatoms. The van der Waals surface area contributed by atoms with Gasteiger partial charge in [0.1, 0.15) is 6.10 Å². The molecule has 0 spiro atoms. The lowest BCUT2D eigenvalue weighted by Crippen LogP contribution is -2.52. The number of ether oxygens (including phenoxy) is 1. The molecule has 1 aromatic heterocycles. The smallest absolute Gasteiger partial charge is 0.411 e. The number of aryl methyl sites for hydroxylation is 1. The predicted octanol–water partition coefficient (Wildman–Crippen LogP) is 4.37.